The summed E-state index contributed by atoms with van der Waals surface area (Å²) in [6.07, 6.45) is 4.95. The second kappa shape index (κ2) is 8.48. The van der Waals surface area contributed by atoms with E-state index in [2.05, 4.69) is 10.2 Å². The molecule has 0 saturated carbocycles. The Bertz CT molecular complexity index is 213. The standard InChI is InChI=1S/C13H26N2O2/c1-15(2)9-3-8-14-13(16)5-4-12-6-10-17-11-7-12/h12H,3-11H2,1-2H3,(H,14,16). The molecule has 17 heavy (non-hydrogen) atoms. The molecule has 4 heteroatoms. The molecule has 1 amide bonds. The van der Waals surface area contributed by atoms with Gasteiger partial charge >= 0.3 is 0 Å². The van der Waals surface area contributed by atoms with Gasteiger partial charge in [-0.15, -0.1) is 0 Å². The molecule has 1 saturated heterocycles. The van der Waals surface area contributed by atoms with Gasteiger partial charge in [-0.1, -0.05) is 0 Å². The first kappa shape index (κ1) is 14.5. The molecule has 1 heterocycles. The summed E-state index contributed by atoms with van der Waals surface area (Å²) in [6, 6.07) is 0. The number of carbonyl (C=O) groups is 1. The minimum atomic E-state index is 0.204. The summed E-state index contributed by atoms with van der Waals surface area (Å²) in [7, 11) is 4.10. The molecule has 0 bridgehead atoms. The van der Waals surface area contributed by atoms with Gasteiger partial charge in [-0.2, -0.15) is 0 Å². The fourth-order valence-electron chi connectivity index (χ4n) is 2.08. The Hall–Kier alpha value is -0.610. The minimum Gasteiger partial charge on any atom is -0.381 e. The average molecular weight is 242 g/mol. The Morgan fingerprint density at radius 1 is 1.35 bits per heavy atom. The first-order chi connectivity index (χ1) is 8.18. The number of nitrogens with zero attached hydrogens (tertiary/aromatic N) is 1. The van der Waals surface area contributed by atoms with Crippen LogP contribution in [-0.2, 0) is 9.53 Å². The maximum atomic E-state index is 11.6. The van der Waals surface area contributed by atoms with E-state index in [9.17, 15) is 4.79 Å². The van der Waals surface area contributed by atoms with E-state index in [4.69, 9.17) is 4.74 Å². The number of carbonyl (C=O) groups excluding carboxylic acids is 1. The van der Waals surface area contributed by atoms with E-state index in [1.807, 2.05) is 14.1 Å². The molecule has 0 spiro atoms. The van der Waals surface area contributed by atoms with Crippen molar-refractivity contribution in [2.24, 2.45) is 5.92 Å². The van der Waals surface area contributed by atoms with Gasteiger partial charge < -0.3 is 15.0 Å². The number of ether oxygens (including phenoxy) is 1. The van der Waals surface area contributed by atoms with Crippen LogP contribution in [0, 0.1) is 5.92 Å². The first-order valence-corrected chi connectivity index (χ1v) is 6.67. The number of nitrogens with one attached hydrogen (secondary N) is 1. The van der Waals surface area contributed by atoms with Gasteiger partial charge in [0.15, 0.2) is 0 Å². The summed E-state index contributed by atoms with van der Waals surface area (Å²) < 4.78 is 5.30. The predicted molar refractivity (Wildman–Crippen MR) is 69.0 cm³/mol. The van der Waals surface area contributed by atoms with Gasteiger partial charge in [-0.05, 0) is 52.2 Å². The molecular weight excluding hydrogens is 216 g/mol. The third-order valence-electron chi connectivity index (χ3n) is 3.22. The molecule has 1 N–H and O–H groups in total. The molecule has 1 fully saturated rings. The Morgan fingerprint density at radius 2 is 2.06 bits per heavy atom. The van der Waals surface area contributed by atoms with Crippen LogP contribution in [0.25, 0.3) is 0 Å². The highest BCUT2D eigenvalue weighted by molar-refractivity contribution is 5.75. The number of hydrogen-bond acceptors (Lipinski definition) is 3. The zero-order valence-corrected chi connectivity index (χ0v) is 11.2. The Kier molecular flexibility index (Phi) is 7.21. The summed E-state index contributed by atoms with van der Waals surface area (Å²) >= 11 is 0. The van der Waals surface area contributed by atoms with E-state index in [1.165, 1.54) is 0 Å². The van der Waals surface area contributed by atoms with Gasteiger partial charge in [0.1, 0.15) is 0 Å². The van der Waals surface area contributed by atoms with E-state index >= 15 is 0 Å². The van der Waals surface area contributed by atoms with Crippen molar-refractivity contribution < 1.29 is 9.53 Å². The monoisotopic (exact) mass is 242 g/mol. The summed E-state index contributed by atoms with van der Waals surface area (Å²) in [5.41, 5.74) is 0. The van der Waals surface area contributed by atoms with Crippen molar-refractivity contribution >= 4 is 5.91 Å². The van der Waals surface area contributed by atoms with Crippen molar-refractivity contribution in [3.8, 4) is 0 Å². The predicted octanol–water partition coefficient (Wildman–Crippen LogP) is 1.26. The molecule has 0 aromatic rings. The highest BCUT2D eigenvalue weighted by Crippen LogP contribution is 2.19. The van der Waals surface area contributed by atoms with Crippen molar-refractivity contribution in [3.63, 3.8) is 0 Å². The van der Waals surface area contributed by atoms with Crippen LogP contribution >= 0.6 is 0 Å². The van der Waals surface area contributed by atoms with Gasteiger partial charge in [0.05, 0.1) is 0 Å². The third kappa shape index (κ3) is 7.34. The van der Waals surface area contributed by atoms with Crippen LogP contribution < -0.4 is 5.32 Å². The lowest BCUT2D eigenvalue weighted by Crippen LogP contribution is -2.27. The number of amides is 1. The van der Waals surface area contributed by atoms with Crippen LogP contribution in [0.5, 0.6) is 0 Å². The van der Waals surface area contributed by atoms with Crippen molar-refractivity contribution in [2.75, 3.05) is 40.4 Å². The number of rotatable bonds is 7. The Balaban J connectivity index is 1.96. The largest absolute Gasteiger partial charge is 0.381 e. The van der Waals surface area contributed by atoms with E-state index in [-0.39, 0.29) is 5.91 Å². The molecule has 100 valence electrons. The molecule has 0 unspecified atom stereocenters. The molecule has 1 aliphatic heterocycles. The molecule has 0 aromatic heterocycles. The maximum absolute atomic E-state index is 11.6. The summed E-state index contributed by atoms with van der Waals surface area (Å²) in [5, 5.41) is 2.98. The average Bonchev–Trinajstić information content (AvgIpc) is 2.33. The molecule has 0 aromatic carbocycles. The first-order valence-electron chi connectivity index (χ1n) is 6.67. The van der Waals surface area contributed by atoms with Crippen molar-refractivity contribution in [1.82, 2.24) is 10.2 Å². The molecule has 1 rings (SSSR count). The molecule has 0 aliphatic carbocycles. The Labute approximate surface area is 105 Å². The van der Waals surface area contributed by atoms with E-state index in [1.54, 1.807) is 0 Å². The molecule has 1 aliphatic rings. The third-order valence-corrected chi connectivity index (χ3v) is 3.22. The fraction of sp³-hybridized carbons (Fsp3) is 0.923. The topological polar surface area (TPSA) is 41.6 Å². The van der Waals surface area contributed by atoms with E-state index in [0.29, 0.717) is 12.3 Å². The van der Waals surface area contributed by atoms with E-state index in [0.717, 1.165) is 52.0 Å². The summed E-state index contributed by atoms with van der Waals surface area (Å²) in [6.45, 7) is 3.56. The van der Waals surface area contributed by atoms with Crippen LogP contribution in [0.2, 0.25) is 0 Å². The SMILES string of the molecule is CN(C)CCCNC(=O)CCC1CCOCC1. The zero-order chi connectivity index (χ0) is 12.5. The lowest BCUT2D eigenvalue weighted by molar-refractivity contribution is -0.121. The van der Waals surface area contributed by atoms with Crippen LogP contribution in [0.1, 0.15) is 32.1 Å². The minimum absolute atomic E-state index is 0.204. The molecule has 4 nitrogen and oxygen atoms in total. The maximum Gasteiger partial charge on any atom is 0.220 e. The fourth-order valence-corrected chi connectivity index (χ4v) is 2.08. The van der Waals surface area contributed by atoms with Crippen LogP contribution in [0.3, 0.4) is 0 Å². The van der Waals surface area contributed by atoms with Crippen LogP contribution in [0.4, 0.5) is 0 Å². The molecule has 0 radical (unpaired) electrons. The van der Waals surface area contributed by atoms with Crippen LogP contribution in [-0.4, -0.2) is 51.2 Å². The lowest BCUT2D eigenvalue weighted by atomic mass is 9.95. The molecule has 0 atom stereocenters. The van der Waals surface area contributed by atoms with Crippen molar-refractivity contribution in [3.05, 3.63) is 0 Å². The van der Waals surface area contributed by atoms with Gasteiger partial charge in [0.25, 0.3) is 0 Å². The Morgan fingerprint density at radius 3 is 2.71 bits per heavy atom. The molecular formula is C13H26N2O2. The highest BCUT2D eigenvalue weighted by Gasteiger charge is 2.14. The van der Waals surface area contributed by atoms with E-state index < -0.39 is 0 Å². The lowest BCUT2D eigenvalue weighted by Gasteiger charge is -2.21. The smallest absolute Gasteiger partial charge is 0.220 e. The summed E-state index contributed by atoms with van der Waals surface area (Å²) in [5.74, 6) is 0.895. The van der Waals surface area contributed by atoms with Crippen LogP contribution in [0.15, 0.2) is 0 Å². The van der Waals surface area contributed by atoms with Crippen molar-refractivity contribution in [2.45, 2.75) is 32.1 Å². The van der Waals surface area contributed by atoms with Gasteiger partial charge in [-0.3, -0.25) is 4.79 Å². The normalized spacial score (nSPS) is 17.4. The second-order valence-electron chi connectivity index (χ2n) is 5.10. The van der Waals surface area contributed by atoms with Crippen molar-refractivity contribution in [1.29, 1.82) is 0 Å². The second-order valence-corrected chi connectivity index (χ2v) is 5.10. The zero-order valence-electron chi connectivity index (χ0n) is 11.2. The quantitative estimate of drug-likeness (QED) is 0.683. The van der Waals surface area contributed by atoms with Gasteiger partial charge in [0, 0.05) is 26.2 Å². The number of hydrogen-bond donors (Lipinski definition) is 1. The van der Waals surface area contributed by atoms with Gasteiger partial charge in [-0.25, -0.2) is 0 Å². The highest BCUT2D eigenvalue weighted by atomic mass is 16.5. The van der Waals surface area contributed by atoms with Gasteiger partial charge in [0.2, 0.25) is 5.91 Å². The summed E-state index contributed by atoms with van der Waals surface area (Å²) in [4.78, 5) is 13.7.